The second kappa shape index (κ2) is 11.5. The SMILES string of the molecule is CN(C)c1ccc(-c2ccc(CN(C(=O)c3ccc(F)c(F)c3)c3cccc(/C=C/C(=O)O)c3)cc2)cc1. The summed E-state index contributed by atoms with van der Waals surface area (Å²) in [5.41, 5.74) is 5.03. The van der Waals surface area contributed by atoms with Crippen molar-refractivity contribution in [3.8, 4) is 11.1 Å². The Labute approximate surface area is 219 Å². The summed E-state index contributed by atoms with van der Waals surface area (Å²) in [6.45, 7) is 0.157. The number of carboxylic acid groups (broad SMARTS) is 1. The molecule has 0 spiro atoms. The number of carbonyl (C=O) groups excluding carboxylic acids is 1. The van der Waals surface area contributed by atoms with Crippen molar-refractivity contribution in [2.45, 2.75) is 6.54 Å². The lowest BCUT2D eigenvalue weighted by Crippen LogP contribution is -2.30. The van der Waals surface area contributed by atoms with Gasteiger partial charge in [0.2, 0.25) is 0 Å². The Balaban J connectivity index is 1.66. The number of anilines is 2. The van der Waals surface area contributed by atoms with Crippen molar-refractivity contribution < 1.29 is 23.5 Å². The Morgan fingerprint density at radius 2 is 1.45 bits per heavy atom. The molecule has 0 aromatic heterocycles. The predicted molar refractivity (Wildman–Crippen MR) is 146 cm³/mol. The first-order valence-electron chi connectivity index (χ1n) is 11.9. The van der Waals surface area contributed by atoms with E-state index in [1.165, 1.54) is 17.0 Å². The van der Waals surface area contributed by atoms with Crippen LogP contribution in [0.3, 0.4) is 0 Å². The molecule has 4 aromatic carbocycles. The lowest BCUT2D eigenvalue weighted by molar-refractivity contribution is -0.131. The molecule has 0 saturated carbocycles. The average molecular weight is 513 g/mol. The second-order valence-corrected chi connectivity index (χ2v) is 8.92. The van der Waals surface area contributed by atoms with Crippen LogP contribution in [0.25, 0.3) is 17.2 Å². The number of nitrogens with zero attached hydrogens (tertiary/aromatic N) is 2. The Hall–Kier alpha value is -4.78. The molecule has 1 amide bonds. The third-order valence-electron chi connectivity index (χ3n) is 6.02. The van der Waals surface area contributed by atoms with E-state index >= 15 is 0 Å². The zero-order chi connectivity index (χ0) is 27.2. The van der Waals surface area contributed by atoms with Crippen molar-refractivity contribution in [2.75, 3.05) is 23.9 Å². The Bertz CT molecular complexity index is 1480. The molecule has 192 valence electrons. The smallest absolute Gasteiger partial charge is 0.328 e. The highest BCUT2D eigenvalue weighted by Gasteiger charge is 2.20. The molecule has 5 nitrogen and oxygen atoms in total. The normalized spacial score (nSPS) is 10.9. The maximum atomic E-state index is 13.9. The maximum Gasteiger partial charge on any atom is 0.328 e. The molecular weight excluding hydrogens is 486 g/mol. The van der Waals surface area contributed by atoms with Crippen LogP contribution >= 0.6 is 0 Å². The number of halogens is 2. The van der Waals surface area contributed by atoms with Crippen molar-refractivity contribution in [3.63, 3.8) is 0 Å². The van der Waals surface area contributed by atoms with Crippen molar-refractivity contribution in [1.29, 1.82) is 0 Å². The largest absolute Gasteiger partial charge is 0.478 e. The summed E-state index contributed by atoms with van der Waals surface area (Å²) in [5.74, 6) is -3.77. The summed E-state index contributed by atoms with van der Waals surface area (Å²) < 4.78 is 27.5. The zero-order valence-electron chi connectivity index (χ0n) is 20.9. The van der Waals surface area contributed by atoms with E-state index in [0.29, 0.717) is 11.3 Å². The van der Waals surface area contributed by atoms with Crippen LogP contribution in [0.2, 0.25) is 0 Å². The van der Waals surface area contributed by atoms with E-state index in [4.69, 9.17) is 5.11 Å². The van der Waals surface area contributed by atoms with E-state index < -0.39 is 23.5 Å². The van der Waals surface area contributed by atoms with Crippen LogP contribution in [0.5, 0.6) is 0 Å². The van der Waals surface area contributed by atoms with Crippen molar-refractivity contribution in [2.24, 2.45) is 0 Å². The second-order valence-electron chi connectivity index (χ2n) is 8.92. The first kappa shape index (κ1) is 26.3. The molecule has 0 fully saturated rings. The highest BCUT2D eigenvalue weighted by atomic mass is 19.2. The molecule has 0 saturated heterocycles. The van der Waals surface area contributed by atoms with Crippen molar-refractivity contribution in [1.82, 2.24) is 0 Å². The minimum absolute atomic E-state index is 0.00650. The van der Waals surface area contributed by atoms with Gasteiger partial charge in [0.05, 0.1) is 6.54 Å². The third kappa shape index (κ3) is 6.31. The molecule has 1 N–H and O–H groups in total. The molecule has 0 bridgehead atoms. The first-order valence-corrected chi connectivity index (χ1v) is 11.9. The average Bonchev–Trinajstić information content (AvgIpc) is 2.92. The predicted octanol–water partition coefficient (Wildman–Crippen LogP) is 6.64. The quantitative estimate of drug-likeness (QED) is 0.269. The minimum Gasteiger partial charge on any atom is -0.478 e. The molecule has 7 heteroatoms. The number of hydrogen-bond acceptors (Lipinski definition) is 3. The topological polar surface area (TPSA) is 60.9 Å². The van der Waals surface area contributed by atoms with Crippen molar-refractivity contribution in [3.05, 3.63) is 125 Å². The highest BCUT2D eigenvalue weighted by Crippen LogP contribution is 2.26. The van der Waals surface area contributed by atoms with Gasteiger partial charge in [0, 0.05) is 37.1 Å². The van der Waals surface area contributed by atoms with E-state index in [-0.39, 0.29) is 12.1 Å². The van der Waals surface area contributed by atoms with E-state index in [0.717, 1.165) is 40.6 Å². The van der Waals surface area contributed by atoms with Crippen molar-refractivity contribution >= 4 is 29.3 Å². The van der Waals surface area contributed by atoms with Crippen LogP contribution in [0.1, 0.15) is 21.5 Å². The van der Waals surface area contributed by atoms with Crippen LogP contribution in [0.4, 0.5) is 20.2 Å². The first-order chi connectivity index (χ1) is 18.2. The number of amides is 1. The standard InChI is InChI=1S/C31H26F2N2O3/c1-34(2)26-14-11-24(12-15-26)23-9-6-22(7-10-23)20-35(31(38)25-13-16-28(32)29(33)19-25)27-5-3-4-21(18-27)8-17-30(36)37/h3-19H,20H2,1-2H3,(H,36,37)/b17-8+. The molecule has 0 aliphatic heterocycles. The fourth-order valence-electron chi connectivity index (χ4n) is 3.97. The van der Waals surface area contributed by atoms with Gasteiger partial charge in [-0.25, -0.2) is 13.6 Å². The van der Waals surface area contributed by atoms with Crippen LogP contribution in [0.15, 0.2) is 97.1 Å². The van der Waals surface area contributed by atoms with E-state index in [1.54, 1.807) is 24.3 Å². The van der Waals surface area contributed by atoms with Gasteiger partial charge >= 0.3 is 5.97 Å². The fraction of sp³-hybridized carbons (Fsp3) is 0.0968. The fourth-order valence-corrected chi connectivity index (χ4v) is 3.97. The summed E-state index contributed by atoms with van der Waals surface area (Å²) in [6, 6.07) is 25.7. The van der Waals surface area contributed by atoms with Crippen LogP contribution < -0.4 is 9.80 Å². The summed E-state index contributed by atoms with van der Waals surface area (Å²) in [6.07, 6.45) is 2.42. The molecule has 0 unspecified atom stereocenters. The van der Waals surface area contributed by atoms with E-state index in [1.807, 2.05) is 67.5 Å². The maximum absolute atomic E-state index is 13.9. The van der Waals surface area contributed by atoms with Gasteiger partial charge in [-0.05, 0) is 70.8 Å². The van der Waals surface area contributed by atoms with Gasteiger partial charge in [-0.1, -0.05) is 48.5 Å². The van der Waals surface area contributed by atoms with Crippen LogP contribution in [0, 0.1) is 11.6 Å². The van der Waals surface area contributed by atoms with E-state index in [2.05, 4.69) is 0 Å². The number of carbonyl (C=O) groups is 2. The van der Waals surface area contributed by atoms with Gasteiger partial charge in [-0.2, -0.15) is 0 Å². The summed E-state index contributed by atoms with van der Waals surface area (Å²) >= 11 is 0. The lowest BCUT2D eigenvalue weighted by Gasteiger charge is -2.24. The zero-order valence-corrected chi connectivity index (χ0v) is 20.9. The molecule has 38 heavy (non-hydrogen) atoms. The monoisotopic (exact) mass is 512 g/mol. The summed E-state index contributed by atoms with van der Waals surface area (Å²) in [7, 11) is 3.96. The molecule has 4 rings (SSSR count). The molecule has 0 radical (unpaired) electrons. The molecule has 0 aliphatic carbocycles. The van der Waals surface area contributed by atoms with Gasteiger partial charge in [-0.3, -0.25) is 4.79 Å². The Morgan fingerprint density at radius 1 is 0.789 bits per heavy atom. The number of benzene rings is 4. The summed E-state index contributed by atoms with van der Waals surface area (Å²) in [5, 5.41) is 8.96. The number of rotatable bonds is 8. The van der Waals surface area contributed by atoms with E-state index in [9.17, 15) is 18.4 Å². The number of carboxylic acids is 1. The van der Waals surface area contributed by atoms with Crippen LogP contribution in [-0.2, 0) is 11.3 Å². The lowest BCUT2D eigenvalue weighted by atomic mass is 10.0. The third-order valence-corrected chi connectivity index (χ3v) is 6.02. The Morgan fingerprint density at radius 3 is 2.05 bits per heavy atom. The van der Waals surface area contributed by atoms with Gasteiger partial charge in [-0.15, -0.1) is 0 Å². The van der Waals surface area contributed by atoms with Gasteiger partial charge in [0.1, 0.15) is 0 Å². The van der Waals surface area contributed by atoms with Gasteiger partial charge in [0.25, 0.3) is 5.91 Å². The molecule has 0 heterocycles. The minimum atomic E-state index is -1.11. The number of aliphatic carboxylic acids is 1. The van der Waals surface area contributed by atoms with Gasteiger partial charge in [0.15, 0.2) is 11.6 Å². The molecule has 4 aromatic rings. The molecule has 0 atom stereocenters. The number of hydrogen-bond donors (Lipinski definition) is 1. The van der Waals surface area contributed by atoms with Crippen LogP contribution in [-0.4, -0.2) is 31.1 Å². The molecular formula is C31H26F2N2O3. The molecule has 0 aliphatic rings. The highest BCUT2D eigenvalue weighted by molar-refractivity contribution is 6.06. The van der Waals surface area contributed by atoms with Gasteiger partial charge < -0.3 is 14.9 Å². The Kier molecular flexibility index (Phi) is 7.97. The summed E-state index contributed by atoms with van der Waals surface area (Å²) in [4.78, 5) is 27.9.